The van der Waals surface area contributed by atoms with Gasteiger partial charge in [-0.3, -0.25) is 14.5 Å². The Bertz CT molecular complexity index is 901. The topological polar surface area (TPSA) is 78.5 Å². The second-order valence-electron chi connectivity index (χ2n) is 7.24. The van der Waals surface area contributed by atoms with Crippen molar-refractivity contribution in [3.8, 4) is 0 Å². The van der Waals surface area contributed by atoms with Gasteiger partial charge in [0.05, 0.1) is 0 Å². The number of carbonyl (C=O) groups excluding carboxylic acids is 3. The average molecular weight is 365 g/mol. The van der Waals surface area contributed by atoms with E-state index in [9.17, 15) is 14.4 Å². The Hall–Kier alpha value is -3.15. The summed E-state index contributed by atoms with van der Waals surface area (Å²) in [5.41, 5.74) is 3.25. The number of carbonyl (C=O) groups is 3. The van der Waals surface area contributed by atoms with E-state index in [0.29, 0.717) is 11.3 Å². The molecule has 0 bridgehead atoms. The van der Waals surface area contributed by atoms with Crippen LogP contribution in [0.2, 0.25) is 0 Å². The maximum Gasteiger partial charge on any atom is 0.325 e. The molecule has 0 radical (unpaired) electrons. The molecule has 1 atom stereocenters. The van der Waals surface area contributed by atoms with Crippen LogP contribution in [0.3, 0.4) is 0 Å². The molecule has 1 saturated heterocycles. The summed E-state index contributed by atoms with van der Waals surface area (Å²) in [4.78, 5) is 38.6. The highest BCUT2D eigenvalue weighted by Gasteiger charge is 2.49. The smallest absolute Gasteiger partial charge is 0.325 e. The van der Waals surface area contributed by atoms with Crippen LogP contribution in [0.25, 0.3) is 0 Å². The van der Waals surface area contributed by atoms with E-state index < -0.39 is 23.4 Å². The van der Waals surface area contributed by atoms with Gasteiger partial charge in [0, 0.05) is 5.69 Å². The first-order valence-corrected chi connectivity index (χ1v) is 8.78. The van der Waals surface area contributed by atoms with Crippen LogP contribution in [0, 0.1) is 20.8 Å². The maximum absolute atomic E-state index is 12.9. The van der Waals surface area contributed by atoms with Crippen molar-refractivity contribution in [2.45, 2.75) is 33.2 Å². The van der Waals surface area contributed by atoms with E-state index in [0.717, 1.165) is 21.6 Å². The lowest BCUT2D eigenvalue weighted by Crippen LogP contribution is -2.42. The molecule has 2 aromatic rings. The van der Waals surface area contributed by atoms with Crippen molar-refractivity contribution in [3.05, 3.63) is 64.7 Å². The zero-order chi connectivity index (χ0) is 19.8. The molecule has 6 nitrogen and oxygen atoms in total. The Morgan fingerprint density at radius 1 is 1.00 bits per heavy atom. The number of nitrogens with one attached hydrogen (secondary N) is 2. The molecule has 4 amide bonds. The van der Waals surface area contributed by atoms with Crippen LogP contribution < -0.4 is 10.6 Å². The van der Waals surface area contributed by atoms with Crippen LogP contribution in [0.15, 0.2) is 42.5 Å². The summed E-state index contributed by atoms with van der Waals surface area (Å²) in [5, 5.41) is 5.46. The summed E-state index contributed by atoms with van der Waals surface area (Å²) in [7, 11) is 0. The minimum atomic E-state index is -1.18. The van der Waals surface area contributed by atoms with E-state index in [-0.39, 0.29) is 6.54 Å². The van der Waals surface area contributed by atoms with E-state index in [2.05, 4.69) is 10.6 Å². The van der Waals surface area contributed by atoms with E-state index in [4.69, 9.17) is 0 Å². The number of imide groups is 1. The van der Waals surface area contributed by atoms with Crippen LogP contribution >= 0.6 is 0 Å². The molecule has 0 spiro atoms. The van der Waals surface area contributed by atoms with Gasteiger partial charge in [-0.25, -0.2) is 4.79 Å². The Kier molecular flexibility index (Phi) is 4.74. The third kappa shape index (κ3) is 3.69. The van der Waals surface area contributed by atoms with Gasteiger partial charge in [0.1, 0.15) is 12.1 Å². The number of urea groups is 1. The van der Waals surface area contributed by atoms with Crippen LogP contribution in [-0.4, -0.2) is 29.3 Å². The Morgan fingerprint density at radius 2 is 1.59 bits per heavy atom. The van der Waals surface area contributed by atoms with Crippen LogP contribution in [0.1, 0.15) is 29.2 Å². The fourth-order valence-electron chi connectivity index (χ4n) is 3.31. The molecule has 0 saturated carbocycles. The summed E-state index contributed by atoms with van der Waals surface area (Å²) < 4.78 is 0. The molecule has 0 aliphatic carbocycles. The lowest BCUT2D eigenvalue weighted by molar-refractivity contribution is -0.133. The first-order valence-electron chi connectivity index (χ1n) is 8.78. The van der Waals surface area contributed by atoms with Crippen LogP contribution in [0.4, 0.5) is 10.5 Å². The summed E-state index contributed by atoms with van der Waals surface area (Å²) in [6, 6.07) is 12.5. The minimum absolute atomic E-state index is 0.334. The minimum Gasteiger partial charge on any atom is -0.325 e. The quantitative estimate of drug-likeness (QED) is 0.818. The number of hydrogen-bond acceptors (Lipinski definition) is 3. The second kappa shape index (κ2) is 6.87. The zero-order valence-corrected chi connectivity index (χ0v) is 15.9. The normalized spacial score (nSPS) is 19.2. The van der Waals surface area contributed by atoms with Crippen molar-refractivity contribution >= 4 is 23.5 Å². The Labute approximate surface area is 158 Å². The predicted octanol–water partition coefficient (Wildman–Crippen LogP) is 3.02. The van der Waals surface area contributed by atoms with Crippen molar-refractivity contribution in [2.75, 3.05) is 11.9 Å². The van der Waals surface area contributed by atoms with E-state index in [1.54, 1.807) is 6.92 Å². The molecule has 1 aliphatic rings. The van der Waals surface area contributed by atoms with Gasteiger partial charge < -0.3 is 10.6 Å². The van der Waals surface area contributed by atoms with Gasteiger partial charge >= 0.3 is 6.03 Å². The molecule has 1 unspecified atom stereocenters. The SMILES string of the molecule is Cc1ccc(C2(C)NC(=O)N(CC(=O)Nc3cc(C)cc(C)c3)C2=O)cc1. The van der Waals surface area contributed by atoms with Crippen molar-refractivity contribution in [3.63, 3.8) is 0 Å². The monoisotopic (exact) mass is 365 g/mol. The fourth-order valence-corrected chi connectivity index (χ4v) is 3.31. The van der Waals surface area contributed by atoms with Crippen LogP contribution in [-0.2, 0) is 15.1 Å². The fraction of sp³-hybridized carbons (Fsp3) is 0.286. The lowest BCUT2D eigenvalue weighted by Gasteiger charge is -2.22. The molecule has 1 fully saturated rings. The molecule has 0 aromatic heterocycles. The average Bonchev–Trinajstić information content (AvgIpc) is 2.78. The predicted molar refractivity (Wildman–Crippen MR) is 103 cm³/mol. The number of anilines is 1. The summed E-state index contributed by atoms with van der Waals surface area (Å²) in [6.07, 6.45) is 0. The highest BCUT2D eigenvalue weighted by Crippen LogP contribution is 2.29. The number of hydrogen-bond donors (Lipinski definition) is 2. The number of aryl methyl sites for hydroxylation is 3. The van der Waals surface area contributed by atoms with Crippen molar-refractivity contribution in [1.29, 1.82) is 0 Å². The van der Waals surface area contributed by atoms with Gasteiger partial charge in [-0.2, -0.15) is 0 Å². The molecular formula is C21H23N3O3. The standard InChI is InChI=1S/C21H23N3O3/c1-13-5-7-16(8-6-13)21(4)19(26)24(20(27)23-21)12-18(25)22-17-10-14(2)9-15(3)11-17/h5-11H,12H2,1-4H3,(H,22,25)(H,23,27). The highest BCUT2D eigenvalue weighted by atomic mass is 16.2. The number of amides is 4. The molecule has 140 valence electrons. The molecule has 6 heteroatoms. The molecular weight excluding hydrogens is 342 g/mol. The molecule has 27 heavy (non-hydrogen) atoms. The van der Waals surface area contributed by atoms with Gasteiger partial charge in [-0.15, -0.1) is 0 Å². The van der Waals surface area contributed by atoms with E-state index in [1.807, 2.05) is 63.2 Å². The number of rotatable bonds is 4. The van der Waals surface area contributed by atoms with Crippen molar-refractivity contribution in [1.82, 2.24) is 10.2 Å². The zero-order valence-electron chi connectivity index (χ0n) is 15.9. The van der Waals surface area contributed by atoms with Crippen molar-refractivity contribution in [2.24, 2.45) is 0 Å². The Balaban J connectivity index is 1.75. The van der Waals surface area contributed by atoms with Crippen LogP contribution in [0.5, 0.6) is 0 Å². The van der Waals surface area contributed by atoms with Gasteiger partial charge in [0.25, 0.3) is 5.91 Å². The highest BCUT2D eigenvalue weighted by molar-refractivity contribution is 6.10. The largest absolute Gasteiger partial charge is 0.325 e. The summed E-state index contributed by atoms with van der Waals surface area (Å²) >= 11 is 0. The van der Waals surface area contributed by atoms with Gasteiger partial charge in [-0.1, -0.05) is 35.9 Å². The first-order chi connectivity index (χ1) is 12.7. The molecule has 3 rings (SSSR count). The van der Waals surface area contributed by atoms with Gasteiger partial charge in [0.15, 0.2) is 0 Å². The lowest BCUT2D eigenvalue weighted by atomic mass is 9.91. The third-order valence-corrected chi connectivity index (χ3v) is 4.71. The second-order valence-corrected chi connectivity index (χ2v) is 7.24. The van der Waals surface area contributed by atoms with Gasteiger partial charge in [-0.05, 0) is 56.5 Å². The first kappa shape index (κ1) is 18.6. The summed E-state index contributed by atoms with van der Waals surface area (Å²) in [5.74, 6) is -0.858. The molecule has 2 aromatic carbocycles. The van der Waals surface area contributed by atoms with E-state index >= 15 is 0 Å². The third-order valence-electron chi connectivity index (χ3n) is 4.71. The Morgan fingerprint density at radius 3 is 2.19 bits per heavy atom. The maximum atomic E-state index is 12.9. The molecule has 1 aliphatic heterocycles. The number of nitrogens with zero attached hydrogens (tertiary/aromatic N) is 1. The summed E-state index contributed by atoms with van der Waals surface area (Å²) in [6.45, 7) is 7.14. The molecule has 2 N–H and O–H groups in total. The van der Waals surface area contributed by atoms with Crippen molar-refractivity contribution < 1.29 is 14.4 Å². The van der Waals surface area contributed by atoms with Gasteiger partial charge in [0.2, 0.25) is 5.91 Å². The number of benzene rings is 2. The van der Waals surface area contributed by atoms with E-state index in [1.165, 1.54) is 0 Å². The molecule has 1 heterocycles.